The number of ether oxygens (including phenoxy) is 1. The van der Waals surface area contributed by atoms with Gasteiger partial charge in [0.1, 0.15) is 0 Å². The zero-order chi connectivity index (χ0) is 12.2. The Hall–Kier alpha value is -0.640. The molecular formula is C13H25NO2. The normalized spacial score (nSPS) is 19.8. The van der Waals surface area contributed by atoms with Crippen molar-refractivity contribution in [2.75, 3.05) is 19.8 Å². The van der Waals surface area contributed by atoms with E-state index in [1.54, 1.807) is 0 Å². The Bertz CT molecular complexity index is 196. The molecule has 0 saturated carbocycles. The molecule has 1 atom stereocenters. The first-order chi connectivity index (χ1) is 7.70. The van der Waals surface area contributed by atoms with Crippen LogP contribution in [-0.2, 0) is 4.74 Å². The predicted molar refractivity (Wildman–Crippen MR) is 68.2 cm³/mol. The number of allylic oxidation sites excluding steroid dienone is 3. The average molecular weight is 227 g/mol. The molecule has 3 N–H and O–H groups in total. The summed E-state index contributed by atoms with van der Waals surface area (Å²) in [4.78, 5) is 0. The quantitative estimate of drug-likeness (QED) is 0.724. The van der Waals surface area contributed by atoms with Crippen LogP contribution in [0.5, 0.6) is 0 Å². The van der Waals surface area contributed by atoms with E-state index in [0.717, 1.165) is 26.1 Å². The second-order valence-corrected chi connectivity index (χ2v) is 4.02. The molecule has 0 aromatic heterocycles. The van der Waals surface area contributed by atoms with Gasteiger partial charge in [0, 0.05) is 25.9 Å². The van der Waals surface area contributed by atoms with Crippen molar-refractivity contribution in [3.8, 4) is 0 Å². The van der Waals surface area contributed by atoms with Crippen LogP contribution in [0, 0.1) is 5.92 Å². The molecule has 1 unspecified atom stereocenters. The molecule has 16 heavy (non-hydrogen) atoms. The van der Waals surface area contributed by atoms with Gasteiger partial charge in [0.15, 0.2) is 0 Å². The molecule has 0 aromatic carbocycles. The van der Waals surface area contributed by atoms with Crippen LogP contribution in [0.1, 0.15) is 26.7 Å². The minimum Gasteiger partial charge on any atom is -0.396 e. The molecule has 1 saturated heterocycles. The van der Waals surface area contributed by atoms with E-state index in [1.165, 1.54) is 0 Å². The van der Waals surface area contributed by atoms with E-state index in [-0.39, 0.29) is 12.5 Å². The van der Waals surface area contributed by atoms with Gasteiger partial charge in [-0.2, -0.15) is 0 Å². The van der Waals surface area contributed by atoms with Gasteiger partial charge in [-0.3, -0.25) is 0 Å². The summed E-state index contributed by atoms with van der Waals surface area (Å²) in [6.07, 6.45) is 9.91. The van der Waals surface area contributed by atoms with Crippen molar-refractivity contribution in [3.05, 3.63) is 24.3 Å². The fraction of sp³-hybridized carbons (Fsp3) is 0.692. The number of hydrogen-bond acceptors (Lipinski definition) is 3. The van der Waals surface area contributed by atoms with Crippen LogP contribution < -0.4 is 5.73 Å². The minimum atomic E-state index is 0.230. The second kappa shape index (κ2) is 10.9. The highest BCUT2D eigenvalue weighted by Gasteiger charge is 2.06. The maximum absolute atomic E-state index is 8.56. The van der Waals surface area contributed by atoms with Crippen molar-refractivity contribution in [1.82, 2.24) is 0 Å². The van der Waals surface area contributed by atoms with Crippen LogP contribution in [0.25, 0.3) is 0 Å². The Morgan fingerprint density at radius 1 is 1.38 bits per heavy atom. The molecule has 1 rings (SSSR count). The topological polar surface area (TPSA) is 55.5 Å². The maximum Gasteiger partial charge on any atom is 0.0491 e. The maximum atomic E-state index is 8.56. The Labute approximate surface area is 99.0 Å². The lowest BCUT2D eigenvalue weighted by atomic mass is 10.1. The van der Waals surface area contributed by atoms with Crippen molar-refractivity contribution in [1.29, 1.82) is 0 Å². The summed E-state index contributed by atoms with van der Waals surface area (Å²) in [5.41, 5.74) is 5.55. The van der Waals surface area contributed by atoms with E-state index in [9.17, 15) is 0 Å². The van der Waals surface area contributed by atoms with Crippen LogP contribution >= 0.6 is 0 Å². The molecule has 0 radical (unpaired) electrons. The molecule has 1 aliphatic heterocycles. The molecule has 0 aliphatic carbocycles. The van der Waals surface area contributed by atoms with Gasteiger partial charge in [-0.25, -0.2) is 0 Å². The lowest BCUT2D eigenvalue weighted by molar-refractivity contribution is 0.0866. The summed E-state index contributed by atoms with van der Waals surface area (Å²) in [6, 6.07) is 0.411. The van der Waals surface area contributed by atoms with E-state index >= 15 is 0 Å². The Kier molecular flexibility index (Phi) is 10.4. The number of aliphatic hydroxyl groups excluding tert-OH is 1. The first-order valence-electron chi connectivity index (χ1n) is 5.94. The molecule has 1 heterocycles. The smallest absolute Gasteiger partial charge is 0.0491 e. The minimum absolute atomic E-state index is 0.230. The lowest BCUT2D eigenvalue weighted by Crippen LogP contribution is -2.28. The number of nitrogens with two attached hydrogens (primary N) is 1. The fourth-order valence-electron chi connectivity index (χ4n) is 1.14. The van der Waals surface area contributed by atoms with E-state index < -0.39 is 0 Å². The summed E-state index contributed by atoms with van der Waals surface area (Å²) in [7, 11) is 0. The molecule has 94 valence electrons. The zero-order valence-electron chi connectivity index (χ0n) is 10.4. The molecule has 0 amide bonds. The third kappa shape index (κ3) is 9.90. The molecule has 0 spiro atoms. The van der Waals surface area contributed by atoms with Gasteiger partial charge in [-0.05, 0) is 25.7 Å². The summed E-state index contributed by atoms with van der Waals surface area (Å²) >= 11 is 0. The fourth-order valence-corrected chi connectivity index (χ4v) is 1.14. The van der Waals surface area contributed by atoms with Gasteiger partial charge in [-0.1, -0.05) is 31.2 Å². The summed E-state index contributed by atoms with van der Waals surface area (Å²) in [6.45, 7) is 5.89. The Morgan fingerprint density at radius 3 is 2.38 bits per heavy atom. The zero-order valence-corrected chi connectivity index (χ0v) is 10.4. The van der Waals surface area contributed by atoms with E-state index in [0.29, 0.717) is 6.04 Å². The van der Waals surface area contributed by atoms with E-state index in [4.69, 9.17) is 15.6 Å². The third-order valence-corrected chi connectivity index (χ3v) is 2.30. The Morgan fingerprint density at radius 2 is 2.00 bits per heavy atom. The van der Waals surface area contributed by atoms with Crippen molar-refractivity contribution in [2.24, 2.45) is 11.7 Å². The standard InChI is InChI=1S/C8H14O.C5H11NO/c1-3-4-5-6-8(2)7-9;6-5-1-3-7-4-2-5/h3-6,8-9H,7H2,1-2H3;5H,1-4,6H2/b4-3-,6-5-;. The van der Waals surface area contributed by atoms with Gasteiger partial charge >= 0.3 is 0 Å². The highest BCUT2D eigenvalue weighted by atomic mass is 16.5. The van der Waals surface area contributed by atoms with Crippen LogP contribution in [0.4, 0.5) is 0 Å². The van der Waals surface area contributed by atoms with Gasteiger partial charge in [-0.15, -0.1) is 0 Å². The monoisotopic (exact) mass is 227 g/mol. The van der Waals surface area contributed by atoms with Crippen molar-refractivity contribution in [2.45, 2.75) is 32.7 Å². The SMILES string of the molecule is C/C=C\C=C/C(C)CO.NC1CCOCC1. The largest absolute Gasteiger partial charge is 0.396 e. The number of rotatable bonds is 3. The third-order valence-electron chi connectivity index (χ3n) is 2.30. The van der Waals surface area contributed by atoms with Crippen molar-refractivity contribution < 1.29 is 9.84 Å². The van der Waals surface area contributed by atoms with Crippen LogP contribution in [0.15, 0.2) is 24.3 Å². The molecule has 3 nitrogen and oxygen atoms in total. The second-order valence-electron chi connectivity index (χ2n) is 4.02. The molecule has 0 aromatic rings. The Balaban J connectivity index is 0.000000288. The molecule has 1 aliphatic rings. The number of aliphatic hydroxyl groups is 1. The van der Waals surface area contributed by atoms with Crippen LogP contribution in [0.2, 0.25) is 0 Å². The lowest BCUT2D eigenvalue weighted by Gasteiger charge is -2.16. The highest BCUT2D eigenvalue weighted by molar-refractivity contribution is 5.02. The molecule has 0 bridgehead atoms. The van der Waals surface area contributed by atoms with Crippen molar-refractivity contribution in [3.63, 3.8) is 0 Å². The molecular weight excluding hydrogens is 202 g/mol. The van der Waals surface area contributed by atoms with E-state index in [2.05, 4.69) is 0 Å². The first kappa shape index (κ1) is 15.4. The summed E-state index contributed by atoms with van der Waals surface area (Å²) in [5.74, 6) is 0.279. The van der Waals surface area contributed by atoms with Gasteiger partial charge in [0.25, 0.3) is 0 Å². The van der Waals surface area contributed by atoms with Gasteiger partial charge < -0.3 is 15.6 Å². The molecule has 3 heteroatoms. The highest BCUT2D eigenvalue weighted by Crippen LogP contribution is 2.01. The first-order valence-corrected chi connectivity index (χ1v) is 5.94. The van der Waals surface area contributed by atoms with Crippen molar-refractivity contribution >= 4 is 0 Å². The predicted octanol–water partition coefficient (Wildman–Crippen LogP) is 1.87. The number of hydrogen-bond donors (Lipinski definition) is 2. The van der Waals surface area contributed by atoms with E-state index in [1.807, 2.05) is 38.2 Å². The van der Waals surface area contributed by atoms with Crippen LogP contribution in [-0.4, -0.2) is 31.0 Å². The summed E-state index contributed by atoms with van der Waals surface area (Å²) in [5, 5.41) is 8.56. The van der Waals surface area contributed by atoms with Gasteiger partial charge in [0.2, 0.25) is 0 Å². The summed E-state index contributed by atoms with van der Waals surface area (Å²) < 4.78 is 5.06. The average Bonchev–Trinajstić information content (AvgIpc) is 2.31. The van der Waals surface area contributed by atoms with Gasteiger partial charge in [0.05, 0.1) is 0 Å². The van der Waals surface area contributed by atoms with Crippen LogP contribution in [0.3, 0.4) is 0 Å². The molecule has 1 fully saturated rings.